The Morgan fingerprint density at radius 3 is 2.50 bits per heavy atom. The second kappa shape index (κ2) is 10.4. The fraction of sp³-hybridized carbons (Fsp3) is 0.462. The van der Waals surface area contributed by atoms with Crippen molar-refractivity contribution >= 4 is 5.69 Å². The molecule has 0 spiro atoms. The molecule has 1 aliphatic rings. The molecule has 0 bridgehead atoms. The summed E-state index contributed by atoms with van der Waals surface area (Å²) in [6, 6.07) is 15.6. The lowest BCUT2D eigenvalue weighted by Crippen LogP contribution is -2.49. The second-order valence-corrected chi connectivity index (χ2v) is 9.61. The molecule has 1 fully saturated rings. The van der Waals surface area contributed by atoms with Crippen LogP contribution in [0.25, 0.3) is 11.5 Å². The van der Waals surface area contributed by atoms with Crippen LogP contribution in [0.15, 0.2) is 52.9 Å². The molecular weight excluding hydrogens is 432 g/mol. The molecule has 1 unspecified atom stereocenters. The van der Waals surface area contributed by atoms with E-state index in [1.54, 1.807) is 7.11 Å². The minimum Gasteiger partial charge on any atom is -0.495 e. The van der Waals surface area contributed by atoms with Crippen molar-refractivity contribution < 1.29 is 19.0 Å². The Bertz CT molecular complexity index is 1070. The Morgan fingerprint density at radius 2 is 1.79 bits per heavy atom. The van der Waals surface area contributed by atoms with Crippen LogP contribution >= 0.6 is 0 Å². The van der Waals surface area contributed by atoms with Crippen LogP contribution in [0.2, 0.25) is 0 Å². The summed E-state index contributed by atoms with van der Waals surface area (Å²) in [5, 5.41) is 18.9. The third kappa shape index (κ3) is 5.87. The van der Waals surface area contributed by atoms with Gasteiger partial charge in [0.2, 0.25) is 11.8 Å². The van der Waals surface area contributed by atoms with E-state index in [0.717, 1.165) is 43.2 Å². The van der Waals surface area contributed by atoms with Crippen LogP contribution in [0.4, 0.5) is 5.69 Å². The van der Waals surface area contributed by atoms with Gasteiger partial charge in [-0.25, -0.2) is 0 Å². The summed E-state index contributed by atoms with van der Waals surface area (Å²) in [7, 11) is 1.70. The van der Waals surface area contributed by atoms with Crippen molar-refractivity contribution in [2.24, 2.45) is 0 Å². The second-order valence-electron chi connectivity index (χ2n) is 9.61. The van der Waals surface area contributed by atoms with Gasteiger partial charge in [-0.2, -0.15) is 0 Å². The van der Waals surface area contributed by atoms with Crippen molar-refractivity contribution in [2.45, 2.75) is 32.3 Å². The number of aliphatic hydroxyl groups excluding tert-OH is 1. The molecule has 1 N–H and O–H groups in total. The fourth-order valence-corrected chi connectivity index (χ4v) is 3.97. The molecule has 1 aliphatic heterocycles. The van der Waals surface area contributed by atoms with Gasteiger partial charge in [-0.1, -0.05) is 39.0 Å². The molecule has 1 aromatic heterocycles. The van der Waals surface area contributed by atoms with Crippen LogP contribution in [-0.2, 0) is 5.41 Å². The van der Waals surface area contributed by atoms with E-state index in [1.165, 1.54) is 0 Å². The highest BCUT2D eigenvalue weighted by Gasteiger charge is 2.23. The van der Waals surface area contributed by atoms with Crippen molar-refractivity contribution in [3.05, 3.63) is 54.4 Å². The van der Waals surface area contributed by atoms with Crippen LogP contribution in [0.1, 0.15) is 26.7 Å². The normalized spacial score (nSPS) is 15.9. The molecule has 1 saturated heterocycles. The zero-order valence-corrected chi connectivity index (χ0v) is 20.4. The molecule has 8 heteroatoms. The summed E-state index contributed by atoms with van der Waals surface area (Å²) >= 11 is 0. The first kappa shape index (κ1) is 24.0. The summed E-state index contributed by atoms with van der Waals surface area (Å²) in [6.07, 6.45) is -0.586. The number of ether oxygens (including phenoxy) is 2. The highest BCUT2D eigenvalue weighted by molar-refractivity contribution is 5.58. The largest absolute Gasteiger partial charge is 0.495 e. The van der Waals surface area contributed by atoms with Gasteiger partial charge < -0.3 is 23.9 Å². The lowest BCUT2D eigenvalue weighted by Gasteiger charge is -2.37. The number of para-hydroxylation sites is 2. The van der Waals surface area contributed by atoms with Crippen LogP contribution in [-0.4, -0.2) is 72.7 Å². The number of benzene rings is 2. The summed E-state index contributed by atoms with van der Waals surface area (Å²) in [5.74, 6) is 2.61. The van der Waals surface area contributed by atoms with E-state index >= 15 is 0 Å². The molecule has 0 aliphatic carbocycles. The maximum atomic E-state index is 10.6. The number of aliphatic hydroxyl groups is 1. The Kier molecular flexibility index (Phi) is 7.38. The van der Waals surface area contributed by atoms with Gasteiger partial charge in [0.25, 0.3) is 0 Å². The van der Waals surface area contributed by atoms with Gasteiger partial charge in [0.05, 0.1) is 12.8 Å². The number of hydrogen-bond acceptors (Lipinski definition) is 8. The highest BCUT2D eigenvalue weighted by atomic mass is 16.5. The SMILES string of the molecule is COc1ccccc1N1CCN(CC(O)COc2cccc(-c3nnc(C(C)(C)C)o3)c2)CC1. The van der Waals surface area contributed by atoms with Crippen molar-refractivity contribution in [3.8, 4) is 23.0 Å². The average molecular weight is 467 g/mol. The van der Waals surface area contributed by atoms with Crippen LogP contribution in [0.3, 0.4) is 0 Å². The molecule has 0 saturated carbocycles. The van der Waals surface area contributed by atoms with Gasteiger partial charge in [-0.15, -0.1) is 10.2 Å². The minimum absolute atomic E-state index is 0.206. The smallest absolute Gasteiger partial charge is 0.247 e. The Balaban J connectivity index is 1.27. The summed E-state index contributed by atoms with van der Waals surface area (Å²) < 4.78 is 17.2. The molecule has 182 valence electrons. The molecule has 3 aromatic rings. The molecular formula is C26H34N4O4. The Labute approximate surface area is 201 Å². The number of methoxy groups -OCH3 is 1. The number of β-amino-alcohol motifs (C(OH)–C–C–N with tert-alkyl or cyclic N) is 1. The summed E-state index contributed by atoms with van der Waals surface area (Å²) in [4.78, 5) is 4.59. The molecule has 2 aromatic carbocycles. The van der Waals surface area contributed by atoms with Gasteiger partial charge in [0.1, 0.15) is 24.2 Å². The maximum Gasteiger partial charge on any atom is 0.247 e. The molecule has 1 atom stereocenters. The zero-order valence-electron chi connectivity index (χ0n) is 20.4. The van der Waals surface area contributed by atoms with Crippen LogP contribution in [0, 0.1) is 0 Å². The Hall–Kier alpha value is -3.10. The minimum atomic E-state index is -0.586. The number of hydrogen-bond donors (Lipinski definition) is 1. The maximum absolute atomic E-state index is 10.6. The third-order valence-corrected chi connectivity index (χ3v) is 5.86. The van der Waals surface area contributed by atoms with Crippen molar-refractivity contribution in [2.75, 3.05) is 51.3 Å². The number of anilines is 1. The van der Waals surface area contributed by atoms with E-state index in [4.69, 9.17) is 13.9 Å². The molecule has 4 rings (SSSR count). The summed E-state index contributed by atoms with van der Waals surface area (Å²) in [5.41, 5.74) is 1.70. The quantitative estimate of drug-likeness (QED) is 0.539. The van der Waals surface area contributed by atoms with Crippen LogP contribution < -0.4 is 14.4 Å². The predicted octanol–water partition coefficient (Wildman–Crippen LogP) is 3.60. The first-order chi connectivity index (χ1) is 16.3. The molecule has 34 heavy (non-hydrogen) atoms. The van der Waals surface area contributed by atoms with E-state index < -0.39 is 6.10 Å². The average Bonchev–Trinajstić information content (AvgIpc) is 3.35. The number of rotatable bonds is 8. The predicted molar refractivity (Wildman–Crippen MR) is 132 cm³/mol. The first-order valence-corrected chi connectivity index (χ1v) is 11.7. The monoisotopic (exact) mass is 466 g/mol. The van der Waals surface area contributed by atoms with Gasteiger partial charge in [-0.05, 0) is 30.3 Å². The molecule has 0 radical (unpaired) electrons. The van der Waals surface area contributed by atoms with E-state index in [0.29, 0.717) is 24.1 Å². The number of nitrogens with zero attached hydrogens (tertiary/aromatic N) is 4. The van der Waals surface area contributed by atoms with Crippen LogP contribution in [0.5, 0.6) is 11.5 Å². The lowest BCUT2D eigenvalue weighted by molar-refractivity contribution is 0.0663. The van der Waals surface area contributed by atoms with Crippen molar-refractivity contribution in [1.82, 2.24) is 15.1 Å². The fourth-order valence-electron chi connectivity index (χ4n) is 3.97. The molecule has 2 heterocycles. The molecule has 8 nitrogen and oxygen atoms in total. The topological polar surface area (TPSA) is 84.1 Å². The van der Waals surface area contributed by atoms with E-state index in [1.807, 2.05) is 63.2 Å². The van der Waals surface area contributed by atoms with Gasteiger partial charge >= 0.3 is 0 Å². The molecule has 0 amide bonds. The first-order valence-electron chi connectivity index (χ1n) is 11.7. The van der Waals surface area contributed by atoms with E-state index in [2.05, 4.69) is 26.1 Å². The standard InChI is InChI=1S/C26H34N4O4/c1-26(2,3)25-28-27-24(34-25)19-8-7-9-21(16-19)33-18-20(31)17-29-12-14-30(15-13-29)22-10-5-6-11-23(22)32-4/h5-11,16,20,31H,12-15,17-18H2,1-4H3. The van der Waals surface area contributed by atoms with Gasteiger partial charge in [-0.3, -0.25) is 4.90 Å². The van der Waals surface area contributed by atoms with Gasteiger partial charge in [0.15, 0.2) is 0 Å². The number of aromatic nitrogens is 2. The van der Waals surface area contributed by atoms with Crippen molar-refractivity contribution in [3.63, 3.8) is 0 Å². The number of piperazine rings is 1. The zero-order chi connectivity index (χ0) is 24.1. The van der Waals surface area contributed by atoms with E-state index in [9.17, 15) is 5.11 Å². The van der Waals surface area contributed by atoms with Gasteiger partial charge in [0, 0.05) is 43.7 Å². The van der Waals surface area contributed by atoms with E-state index in [-0.39, 0.29) is 12.0 Å². The summed E-state index contributed by atoms with van der Waals surface area (Å²) in [6.45, 7) is 10.4. The Morgan fingerprint density at radius 1 is 1.03 bits per heavy atom. The van der Waals surface area contributed by atoms with Crippen molar-refractivity contribution in [1.29, 1.82) is 0 Å². The highest BCUT2D eigenvalue weighted by Crippen LogP contribution is 2.29. The third-order valence-electron chi connectivity index (χ3n) is 5.86. The lowest BCUT2D eigenvalue weighted by atomic mass is 9.97.